The van der Waals surface area contributed by atoms with Crippen molar-refractivity contribution in [1.82, 2.24) is 39.9 Å². The molecule has 9 heteroatoms. The van der Waals surface area contributed by atoms with E-state index in [1.165, 1.54) is 0 Å². The fourth-order valence-corrected chi connectivity index (χ4v) is 8.41. The van der Waals surface area contributed by atoms with E-state index in [0.717, 1.165) is 86.9 Å². The van der Waals surface area contributed by atoms with E-state index in [4.69, 9.17) is 39.9 Å². The van der Waals surface area contributed by atoms with Crippen molar-refractivity contribution in [2.24, 2.45) is 0 Å². The zero-order valence-corrected chi connectivity index (χ0v) is 33.1. The fourth-order valence-electron chi connectivity index (χ4n) is 8.41. The molecule has 8 nitrogen and oxygen atoms in total. The summed E-state index contributed by atoms with van der Waals surface area (Å²) in [4.78, 5) is 41.6. The minimum Gasteiger partial charge on any atom is -0.357 e. The van der Waals surface area contributed by atoms with Gasteiger partial charge in [-0.15, -0.1) is 0 Å². The Morgan fingerprint density at radius 1 is 0.263 bits per heavy atom. The third kappa shape index (κ3) is 4.82. The Kier molecular flexibility index (Phi) is 6.69. The first kappa shape index (κ1) is 32.1. The molecule has 57 heavy (non-hydrogen) atoms. The Labute approximate surface area is 336 Å². The zero-order chi connectivity index (χ0) is 36.5. The number of rotatable bonds is 0. The summed E-state index contributed by atoms with van der Waals surface area (Å²) >= 11 is 0. The van der Waals surface area contributed by atoms with E-state index in [1.54, 1.807) is 0 Å². The van der Waals surface area contributed by atoms with Crippen LogP contribution in [0, 0.1) is 0 Å². The molecule has 0 N–H and O–H groups in total. The summed E-state index contributed by atoms with van der Waals surface area (Å²) in [5.74, 6) is 2.14. The number of aromatic nitrogens is 8. The maximum Gasteiger partial charge on any atom is 2.00 e. The first-order valence-electron chi connectivity index (χ1n) is 18.5. The molecule has 0 saturated carbocycles. The summed E-state index contributed by atoms with van der Waals surface area (Å²) in [7, 11) is 0. The van der Waals surface area contributed by atoms with Gasteiger partial charge in [0, 0.05) is 44.8 Å². The quantitative estimate of drug-likeness (QED) is 0.140. The van der Waals surface area contributed by atoms with Gasteiger partial charge in [0.2, 0.25) is 0 Å². The van der Waals surface area contributed by atoms with Crippen LogP contribution in [-0.4, -0.2) is 29.9 Å². The number of hydrogen-bond acceptors (Lipinski definition) is 6. The van der Waals surface area contributed by atoms with Gasteiger partial charge in [0.25, 0.3) is 0 Å². The average Bonchev–Trinajstić information content (AvgIpc) is 3.95. The summed E-state index contributed by atoms with van der Waals surface area (Å²) in [6, 6.07) is 50.4. The minimum atomic E-state index is 0. The van der Waals surface area contributed by atoms with Gasteiger partial charge in [-0.2, -0.15) is 0 Å². The van der Waals surface area contributed by atoms with Gasteiger partial charge >= 0.3 is 19.5 Å². The van der Waals surface area contributed by atoms with Crippen LogP contribution < -0.4 is 9.97 Å². The zero-order valence-electron chi connectivity index (χ0n) is 30.1. The van der Waals surface area contributed by atoms with Gasteiger partial charge in [-0.05, 0) is 113 Å². The van der Waals surface area contributed by atoms with Crippen LogP contribution in [0.2, 0.25) is 0 Å². The Morgan fingerprint density at radius 3 is 0.702 bits per heavy atom. The third-order valence-corrected chi connectivity index (χ3v) is 11.2. The van der Waals surface area contributed by atoms with E-state index < -0.39 is 0 Å². The van der Waals surface area contributed by atoms with Gasteiger partial charge in [-0.1, -0.05) is 97.1 Å². The Balaban J connectivity index is 0.00000356. The maximum absolute atomic E-state index is 5.24. The summed E-state index contributed by atoms with van der Waals surface area (Å²) in [5.41, 5.74) is 5.67. The molecule has 0 atom stereocenters. The van der Waals surface area contributed by atoms with Gasteiger partial charge in [-0.25, -0.2) is 9.97 Å². The smallest absolute Gasteiger partial charge is 0.357 e. The first-order chi connectivity index (χ1) is 27.7. The number of benzene rings is 8. The molecule has 0 radical (unpaired) electrons. The monoisotopic (exact) mass is 776 g/mol. The molecule has 8 aromatic carbocycles. The van der Waals surface area contributed by atoms with Crippen LogP contribution in [0.1, 0.15) is 0 Å². The molecule has 0 unspecified atom stereocenters. The predicted octanol–water partition coefficient (Wildman–Crippen LogP) is 10.7. The van der Waals surface area contributed by atoms with Crippen molar-refractivity contribution in [2.45, 2.75) is 0 Å². The molecule has 8 bridgehead atoms. The molecule has 3 aromatic heterocycles. The van der Waals surface area contributed by atoms with Crippen LogP contribution in [0.3, 0.4) is 0 Å². The van der Waals surface area contributed by atoms with Crippen LogP contribution >= 0.6 is 0 Å². The van der Waals surface area contributed by atoms with Crippen LogP contribution in [0.15, 0.2) is 146 Å². The largest absolute Gasteiger partial charge is 2.00 e. The summed E-state index contributed by atoms with van der Waals surface area (Å²) < 4.78 is 0. The van der Waals surface area contributed by atoms with E-state index >= 15 is 0 Å². The summed E-state index contributed by atoms with van der Waals surface area (Å²) in [6.45, 7) is 0. The van der Waals surface area contributed by atoms with E-state index in [-0.39, 0.29) is 19.5 Å². The maximum atomic E-state index is 5.24. The molecule has 13 rings (SSSR count). The van der Waals surface area contributed by atoms with Gasteiger partial charge in [0.1, 0.15) is 0 Å². The molecule has 258 valence electrons. The molecule has 11 aromatic rings. The summed E-state index contributed by atoms with van der Waals surface area (Å²) in [5, 5.41) is 12.2. The third-order valence-electron chi connectivity index (χ3n) is 11.2. The molecule has 0 spiro atoms. The molecule has 0 saturated heterocycles. The summed E-state index contributed by atoms with van der Waals surface area (Å²) in [6.07, 6.45) is 0. The predicted molar refractivity (Wildman–Crippen MR) is 224 cm³/mol. The van der Waals surface area contributed by atoms with Crippen molar-refractivity contribution in [1.29, 1.82) is 0 Å². The molecule has 0 aliphatic carbocycles. The van der Waals surface area contributed by atoms with Crippen molar-refractivity contribution in [3.8, 4) is 45.6 Å². The number of fused-ring (bicyclic) bond motifs is 24. The van der Waals surface area contributed by atoms with Crippen LogP contribution in [-0.2, 0) is 19.5 Å². The number of nitrogens with zero attached hydrogens (tertiary/aromatic N) is 8. The molecule has 0 fully saturated rings. The van der Waals surface area contributed by atoms with Crippen molar-refractivity contribution >= 4 is 87.2 Å². The van der Waals surface area contributed by atoms with E-state index in [9.17, 15) is 0 Å². The second kappa shape index (κ2) is 11.9. The van der Waals surface area contributed by atoms with Gasteiger partial charge in [0.15, 0.2) is 0 Å². The normalized spacial score (nSPS) is 12.1. The molecular weight excluding hydrogens is 754 g/mol. The topological polar surface area (TPSA) is 106 Å². The van der Waals surface area contributed by atoms with Gasteiger partial charge in [-0.3, -0.25) is 0 Å². The molecule has 2 aliphatic rings. The van der Waals surface area contributed by atoms with Gasteiger partial charge < -0.3 is 29.9 Å². The second-order valence-electron chi connectivity index (χ2n) is 14.5. The molecule has 2 aliphatic heterocycles. The fraction of sp³-hybridized carbons (Fsp3) is 0. The van der Waals surface area contributed by atoms with E-state index in [1.807, 2.05) is 48.5 Å². The van der Waals surface area contributed by atoms with Crippen molar-refractivity contribution in [3.63, 3.8) is 0 Å². The minimum absolute atomic E-state index is 0. The SMILES string of the molecule is [Zn+2].c1ccc2cc3c(cc2c1)-c1nc-3nc2[n-]c(nc3nc(nc4[n-]c(n1)c1cc5ccccc5cc41)-c1cc4ccccc4cc1-3)c1cc3ccccc3cc21. The van der Waals surface area contributed by atoms with E-state index in [0.29, 0.717) is 45.9 Å². The van der Waals surface area contributed by atoms with Crippen LogP contribution in [0.25, 0.3) is 133 Å². The van der Waals surface area contributed by atoms with Crippen molar-refractivity contribution in [2.75, 3.05) is 0 Å². The Bertz CT molecular complexity index is 3260. The van der Waals surface area contributed by atoms with Gasteiger partial charge in [0.05, 0.1) is 23.3 Å². The first-order valence-corrected chi connectivity index (χ1v) is 18.5. The Morgan fingerprint density at radius 2 is 0.474 bits per heavy atom. The number of hydrogen-bond donors (Lipinski definition) is 0. The standard InChI is InChI=1S/C48H24N8.Zn/c1-2-10-26-18-34-33(17-25(26)9-1)41-49-42(34)54-44-37-21-29-13-5-6-14-30(29)22-38(37)46(51-44)56-48-40-24-32-16-8-7-15-31(32)23-39(40)47(52-48)55-45-36-20-28-12-4-3-11-27(28)19-35(36)43(50-45)53-41;/h1-24H;/q-2;+2. The van der Waals surface area contributed by atoms with E-state index in [2.05, 4.69) is 97.1 Å². The molecule has 5 heterocycles. The van der Waals surface area contributed by atoms with Crippen LogP contribution in [0.4, 0.5) is 0 Å². The van der Waals surface area contributed by atoms with Crippen molar-refractivity contribution < 1.29 is 19.5 Å². The average molecular weight is 778 g/mol. The second-order valence-corrected chi connectivity index (χ2v) is 14.5. The van der Waals surface area contributed by atoms with Crippen molar-refractivity contribution in [3.05, 3.63) is 146 Å². The molecule has 0 amide bonds. The van der Waals surface area contributed by atoms with Crippen LogP contribution in [0.5, 0.6) is 0 Å². The Hall–Kier alpha value is -7.22. The molecular formula is C48H24N8Zn.